The van der Waals surface area contributed by atoms with Gasteiger partial charge in [-0.3, -0.25) is 0 Å². The predicted octanol–water partition coefficient (Wildman–Crippen LogP) is 6.32. The van der Waals surface area contributed by atoms with Gasteiger partial charge in [-0.15, -0.1) is 0 Å². The van der Waals surface area contributed by atoms with Gasteiger partial charge in [0.05, 0.1) is 5.56 Å². The van der Waals surface area contributed by atoms with Crippen molar-refractivity contribution in [2.75, 3.05) is 0 Å². The van der Waals surface area contributed by atoms with Crippen LogP contribution in [0, 0.1) is 35.5 Å². The van der Waals surface area contributed by atoms with Gasteiger partial charge in [0, 0.05) is 6.20 Å². The average Bonchev–Trinajstić information content (AvgIpc) is 2.73. The van der Waals surface area contributed by atoms with Crippen LogP contribution in [0.25, 0.3) is 0 Å². The quantitative estimate of drug-likeness (QED) is 0.482. The zero-order chi connectivity index (χ0) is 23.4. The molecular weight excluding hydrogens is 402 g/mol. The molecule has 2 aliphatic rings. The Bertz CT molecular complexity index is 707. The smallest absolute Gasteiger partial charge is 0.357 e. The summed E-state index contributed by atoms with van der Waals surface area (Å²) in [5, 5.41) is 0. The fourth-order valence-corrected chi connectivity index (χ4v) is 5.54. The van der Waals surface area contributed by atoms with Crippen molar-refractivity contribution in [1.29, 1.82) is 0 Å². The average molecular weight is 444 g/mol. The SMILES string of the molecule is CC(C)[C@H]1CC[C@@H](C)C[C@H]1OC(=O)c1ccc(C(=O)O[C@@H]2C[C@@H](C)CC[C@H]2C(C)C)cn1. The molecule has 0 bridgehead atoms. The van der Waals surface area contributed by atoms with Crippen LogP contribution >= 0.6 is 0 Å². The van der Waals surface area contributed by atoms with Gasteiger partial charge in [0.2, 0.25) is 0 Å². The van der Waals surface area contributed by atoms with Crippen molar-refractivity contribution >= 4 is 11.9 Å². The monoisotopic (exact) mass is 443 g/mol. The molecule has 1 aromatic rings. The maximum atomic E-state index is 12.8. The molecule has 2 fully saturated rings. The number of esters is 2. The second-order valence-corrected chi connectivity index (χ2v) is 11.0. The first kappa shape index (κ1) is 24.7. The lowest BCUT2D eigenvalue weighted by Crippen LogP contribution is -2.36. The Hall–Kier alpha value is -1.91. The maximum absolute atomic E-state index is 12.8. The summed E-state index contributed by atoms with van der Waals surface area (Å²) in [4.78, 5) is 29.7. The third-order valence-electron chi connectivity index (χ3n) is 7.65. The zero-order valence-electron chi connectivity index (χ0n) is 20.7. The molecule has 1 aromatic heterocycles. The second kappa shape index (κ2) is 10.8. The largest absolute Gasteiger partial charge is 0.458 e. The van der Waals surface area contributed by atoms with Crippen LogP contribution in [0.3, 0.4) is 0 Å². The number of hydrogen-bond donors (Lipinski definition) is 0. The molecule has 2 aliphatic carbocycles. The second-order valence-electron chi connectivity index (χ2n) is 11.0. The number of hydrogen-bond acceptors (Lipinski definition) is 5. The summed E-state index contributed by atoms with van der Waals surface area (Å²) in [6.07, 6.45) is 7.67. The molecule has 0 amide bonds. The van der Waals surface area contributed by atoms with Crippen molar-refractivity contribution in [3.8, 4) is 0 Å². The minimum absolute atomic E-state index is 0.0582. The summed E-state index contributed by atoms with van der Waals surface area (Å²) in [5.41, 5.74) is 0.627. The van der Waals surface area contributed by atoms with E-state index in [2.05, 4.69) is 46.5 Å². The first-order valence-corrected chi connectivity index (χ1v) is 12.5. The maximum Gasteiger partial charge on any atom is 0.357 e. The summed E-state index contributed by atoms with van der Waals surface area (Å²) in [5.74, 6) is 2.09. The minimum atomic E-state index is -0.407. The van der Waals surface area contributed by atoms with Gasteiger partial charge >= 0.3 is 11.9 Å². The van der Waals surface area contributed by atoms with Gasteiger partial charge in [-0.1, -0.05) is 54.4 Å². The highest BCUT2D eigenvalue weighted by Crippen LogP contribution is 2.37. The molecule has 32 heavy (non-hydrogen) atoms. The van der Waals surface area contributed by atoms with E-state index in [0.717, 1.165) is 25.7 Å². The van der Waals surface area contributed by atoms with E-state index in [1.807, 2.05) is 0 Å². The molecular formula is C27H41NO4. The first-order valence-electron chi connectivity index (χ1n) is 12.5. The van der Waals surface area contributed by atoms with Gasteiger partial charge in [-0.25, -0.2) is 14.6 Å². The van der Waals surface area contributed by atoms with E-state index in [1.54, 1.807) is 12.1 Å². The van der Waals surface area contributed by atoms with Crippen LogP contribution in [0.1, 0.15) is 101 Å². The molecule has 5 nitrogen and oxygen atoms in total. The molecule has 2 saturated carbocycles. The van der Waals surface area contributed by atoms with Crippen LogP contribution in [0.4, 0.5) is 0 Å². The fraction of sp³-hybridized carbons (Fsp3) is 0.741. The lowest BCUT2D eigenvalue weighted by molar-refractivity contribution is -0.0189. The lowest BCUT2D eigenvalue weighted by Gasteiger charge is -2.36. The molecule has 0 spiro atoms. The summed E-state index contributed by atoms with van der Waals surface area (Å²) >= 11 is 0. The third kappa shape index (κ3) is 6.11. The highest BCUT2D eigenvalue weighted by Gasteiger charge is 2.35. The number of nitrogens with zero attached hydrogens (tertiary/aromatic N) is 1. The number of pyridine rings is 1. The molecule has 5 heteroatoms. The molecule has 3 rings (SSSR count). The van der Waals surface area contributed by atoms with Gasteiger partial charge in [0.15, 0.2) is 0 Å². The van der Waals surface area contributed by atoms with Crippen LogP contribution in [0.2, 0.25) is 0 Å². The van der Waals surface area contributed by atoms with Crippen LogP contribution in [0.15, 0.2) is 18.3 Å². The zero-order valence-corrected chi connectivity index (χ0v) is 20.7. The van der Waals surface area contributed by atoms with E-state index in [9.17, 15) is 9.59 Å². The van der Waals surface area contributed by atoms with Crippen molar-refractivity contribution in [2.24, 2.45) is 35.5 Å². The van der Waals surface area contributed by atoms with Crippen LogP contribution < -0.4 is 0 Å². The van der Waals surface area contributed by atoms with E-state index >= 15 is 0 Å². The van der Waals surface area contributed by atoms with Gasteiger partial charge in [-0.2, -0.15) is 0 Å². The van der Waals surface area contributed by atoms with Crippen LogP contribution in [-0.4, -0.2) is 29.1 Å². The Morgan fingerprint density at radius 1 is 0.812 bits per heavy atom. The van der Waals surface area contributed by atoms with Gasteiger partial charge < -0.3 is 9.47 Å². The van der Waals surface area contributed by atoms with E-state index in [0.29, 0.717) is 41.1 Å². The molecule has 0 aliphatic heterocycles. The van der Waals surface area contributed by atoms with Crippen molar-refractivity contribution in [3.63, 3.8) is 0 Å². The third-order valence-corrected chi connectivity index (χ3v) is 7.65. The Morgan fingerprint density at radius 3 is 1.75 bits per heavy atom. The summed E-state index contributed by atoms with van der Waals surface area (Å²) in [7, 11) is 0. The Morgan fingerprint density at radius 2 is 1.31 bits per heavy atom. The molecule has 0 saturated heterocycles. The Kier molecular flexibility index (Phi) is 8.35. The highest BCUT2D eigenvalue weighted by atomic mass is 16.5. The normalized spacial score (nSPS) is 30.9. The Labute approximate surface area is 193 Å². The van der Waals surface area contributed by atoms with Crippen molar-refractivity contribution in [3.05, 3.63) is 29.6 Å². The van der Waals surface area contributed by atoms with E-state index < -0.39 is 5.97 Å². The van der Waals surface area contributed by atoms with Crippen LogP contribution in [0.5, 0.6) is 0 Å². The Balaban J connectivity index is 1.62. The summed E-state index contributed by atoms with van der Waals surface area (Å²) < 4.78 is 11.8. The first-order chi connectivity index (χ1) is 15.2. The number of carbonyl (C=O) groups excluding carboxylic acids is 2. The van der Waals surface area contributed by atoms with Crippen molar-refractivity contribution in [1.82, 2.24) is 4.98 Å². The number of rotatable bonds is 6. The topological polar surface area (TPSA) is 65.5 Å². The lowest BCUT2D eigenvalue weighted by atomic mass is 9.75. The molecule has 178 valence electrons. The van der Waals surface area contributed by atoms with Gasteiger partial charge in [0.25, 0.3) is 0 Å². The fourth-order valence-electron chi connectivity index (χ4n) is 5.54. The molecule has 0 N–H and O–H groups in total. The molecule has 0 unspecified atom stereocenters. The standard InChI is InChI=1S/C27H41NO4/c1-16(2)21-10-7-18(5)13-24(21)31-26(29)20-9-12-23(28-15-20)27(30)32-25-14-19(6)8-11-22(25)17(3)4/h9,12,15-19,21-22,24-25H,7-8,10-11,13-14H2,1-6H3/t18-,19+,21-,22+,24+,25+/m0/s1. The molecule has 1 heterocycles. The summed E-state index contributed by atoms with van der Waals surface area (Å²) in [6, 6.07) is 3.21. The van der Waals surface area contributed by atoms with E-state index in [1.165, 1.54) is 19.0 Å². The number of aromatic nitrogens is 1. The molecule has 0 aromatic carbocycles. The number of carbonyl (C=O) groups is 2. The minimum Gasteiger partial charge on any atom is -0.458 e. The van der Waals surface area contributed by atoms with Crippen LogP contribution in [-0.2, 0) is 9.47 Å². The van der Waals surface area contributed by atoms with E-state index in [4.69, 9.17) is 9.47 Å². The number of ether oxygens (including phenoxy) is 2. The van der Waals surface area contributed by atoms with Gasteiger partial charge in [-0.05, 0) is 73.3 Å². The van der Waals surface area contributed by atoms with Crippen molar-refractivity contribution < 1.29 is 19.1 Å². The summed E-state index contributed by atoms with van der Waals surface area (Å²) in [6.45, 7) is 13.2. The highest BCUT2D eigenvalue weighted by molar-refractivity contribution is 5.91. The van der Waals surface area contributed by atoms with E-state index in [-0.39, 0.29) is 23.9 Å². The van der Waals surface area contributed by atoms with Gasteiger partial charge in [0.1, 0.15) is 17.9 Å². The predicted molar refractivity (Wildman–Crippen MR) is 125 cm³/mol. The molecule has 0 radical (unpaired) electrons. The molecule has 6 atom stereocenters. The van der Waals surface area contributed by atoms with Crippen molar-refractivity contribution in [2.45, 2.75) is 92.3 Å².